The number of aliphatic hydroxyl groups is 1. The molecule has 2 aromatic heterocycles. The average molecular weight is 598 g/mol. The summed E-state index contributed by atoms with van der Waals surface area (Å²) >= 11 is 0. The molecule has 0 radical (unpaired) electrons. The van der Waals surface area contributed by atoms with Gasteiger partial charge in [0.05, 0.1) is 35.6 Å². The first kappa shape index (κ1) is 29.4. The van der Waals surface area contributed by atoms with Crippen LogP contribution in [0.5, 0.6) is 0 Å². The number of hydrogen-bond donors (Lipinski definition) is 2. The van der Waals surface area contributed by atoms with Gasteiger partial charge in [0.2, 0.25) is 16.0 Å². The fourth-order valence-corrected chi connectivity index (χ4v) is 7.95. The van der Waals surface area contributed by atoms with E-state index in [9.17, 15) is 13.5 Å². The van der Waals surface area contributed by atoms with Gasteiger partial charge in [-0.2, -0.15) is 14.4 Å². The molecule has 6 rings (SSSR count). The van der Waals surface area contributed by atoms with Crippen LogP contribution in [0.25, 0.3) is 22.3 Å². The molecule has 0 amide bonds. The Kier molecular flexibility index (Phi) is 9.06. The Morgan fingerprint density at radius 3 is 2.38 bits per heavy atom. The molecule has 12 heteroatoms. The van der Waals surface area contributed by atoms with Crippen LogP contribution < -0.4 is 5.32 Å². The number of benzene rings is 1. The van der Waals surface area contributed by atoms with Crippen molar-refractivity contribution in [3.8, 4) is 11.3 Å². The number of ether oxygens (including phenoxy) is 1. The smallest absolute Gasteiger partial charge is 0.243 e. The fraction of sp³-hybridized carbons (Fsp3) is 0.633. The van der Waals surface area contributed by atoms with E-state index in [0.717, 1.165) is 107 Å². The summed E-state index contributed by atoms with van der Waals surface area (Å²) in [7, 11) is -3.58. The van der Waals surface area contributed by atoms with E-state index in [1.54, 1.807) is 16.4 Å². The first-order valence-electron chi connectivity index (χ1n) is 15.5. The van der Waals surface area contributed by atoms with Gasteiger partial charge in [-0.1, -0.05) is 25.5 Å². The van der Waals surface area contributed by atoms with Crippen LogP contribution in [-0.2, 0) is 14.8 Å². The zero-order valence-electron chi connectivity index (χ0n) is 24.5. The largest absolute Gasteiger partial charge is 0.393 e. The van der Waals surface area contributed by atoms with Gasteiger partial charge in [-0.05, 0) is 57.1 Å². The predicted octanol–water partition coefficient (Wildman–Crippen LogP) is 3.67. The van der Waals surface area contributed by atoms with Crippen LogP contribution in [0.2, 0.25) is 0 Å². The second-order valence-electron chi connectivity index (χ2n) is 11.8. The summed E-state index contributed by atoms with van der Waals surface area (Å²) in [4.78, 5) is 12.2. The minimum atomic E-state index is -3.58. The first-order valence-corrected chi connectivity index (χ1v) is 17.0. The second kappa shape index (κ2) is 12.9. The molecule has 11 nitrogen and oxygen atoms in total. The van der Waals surface area contributed by atoms with Crippen LogP contribution in [0, 0.1) is 0 Å². The molecule has 2 saturated heterocycles. The molecule has 2 aliphatic heterocycles. The molecule has 3 aromatic rings. The Balaban J connectivity index is 1.23. The maximum absolute atomic E-state index is 13.5. The highest BCUT2D eigenvalue weighted by Crippen LogP contribution is 2.35. The van der Waals surface area contributed by atoms with Gasteiger partial charge < -0.3 is 15.2 Å². The minimum absolute atomic E-state index is 0.142. The van der Waals surface area contributed by atoms with Crippen LogP contribution in [0.15, 0.2) is 35.4 Å². The van der Waals surface area contributed by atoms with Gasteiger partial charge in [-0.3, -0.25) is 4.90 Å². The number of nitrogens with zero attached hydrogens (tertiary/aromatic N) is 6. The number of nitrogens with one attached hydrogen (secondary N) is 1. The Bertz CT molecular complexity index is 1440. The minimum Gasteiger partial charge on any atom is -0.393 e. The van der Waals surface area contributed by atoms with Gasteiger partial charge in [0.15, 0.2) is 5.65 Å². The molecule has 0 atom stereocenters. The number of anilines is 1. The third kappa shape index (κ3) is 6.19. The molecule has 42 heavy (non-hydrogen) atoms. The Hall–Kier alpha value is -2.64. The summed E-state index contributed by atoms with van der Waals surface area (Å²) in [5.41, 5.74) is 2.33. The van der Waals surface area contributed by atoms with E-state index in [2.05, 4.69) is 22.1 Å². The number of sulfonamides is 1. The van der Waals surface area contributed by atoms with E-state index in [1.807, 2.05) is 23.0 Å². The molecule has 1 saturated carbocycles. The van der Waals surface area contributed by atoms with Crippen molar-refractivity contribution < 1.29 is 18.3 Å². The molecule has 228 valence electrons. The van der Waals surface area contributed by atoms with Gasteiger partial charge >= 0.3 is 0 Å². The highest BCUT2D eigenvalue weighted by molar-refractivity contribution is 7.89. The van der Waals surface area contributed by atoms with Gasteiger partial charge in [0.25, 0.3) is 0 Å². The van der Waals surface area contributed by atoms with E-state index in [-0.39, 0.29) is 12.1 Å². The molecule has 3 aliphatic rings. The quantitative estimate of drug-likeness (QED) is 0.356. The van der Waals surface area contributed by atoms with Crippen molar-refractivity contribution in [2.75, 3.05) is 51.3 Å². The van der Waals surface area contributed by atoms with E-state index in [4.69, 9.17) is 14.8 Å². The average Bonchev–Trinajstić information content (AvgIpc) is 3.41. The highest BCUT2D eigenvalue weighted by atomic mass is 32.2. The molecule has 0 spiro atoms. The van der Waals surface area contributed by atoms with Crippen molar-refractivity contribution >= 4 is 27.0 Å². The summed E-state index contributed by atoms with van der Waals surface area (Å²) < 4.78 is 36.2. The lowest BCUT2D eigenvalue weighted by Gasteiger charge is -2.39. The SMILES string of the molecule is CCCCNc1ncc2c(-c3ccc(S(=O)(=O)N4CCC(N5CCOCC5)CC4)cc3)nn([C@H]3CC[C@H](O)CC3)c2n1. The van der Waals surface area contributed by atoms with Crippen LogP contribution in [0.3, 0.4) is 0 Å². The predicted molar refractivity (Wildman–Crippen MR) is 162 cm³/mol. The summed E-state index contributed by atoms with van der Waals surface area (Å²) in [6.07, 6.45) is 8.50. The van der Waals surface area contributed by atoms with Crippen molar-refractivity contribution in [1.82, 2.24) is 29.0 Å². The van der Waals surface area contributed by atoms with Crippen LogP contribution in [0.4, 0.5) is 5.95 Å². The highest BCUT2D eigenvalue weighted by Gasteiger charge is 2.32. The molecule has 1 aromatic carbocycles. The lowest BCUT2D eigenvalue weighted by atomic mass is 9.93. The number of rotatable bonds is 9. The number of unbranched alkanes of at least 4 members (excludes halogenated alkanes) is 1. The Morgan fingerprint density at radius 2 is 1.69 bits per heavy atom. The number of hydrogen-bond acceptors (Lipinski definition) is 9. The number of piperidine rings is 1. The standard InChI is InChI=1S/C30H43N7O4S/c1-2-3-14-31-30-32-21-27-28(34-37(29(27)33-30)24-6-8-25(38)9-7-24)22-4-10-26(11-5-22)42(39,40)36-15-12-23(13-16-36)35-17-19-41-20-18-35/h4-5,10-11,21,23-25,38H,2-3,6-9,12-20H2,1H3,(H,31,32,33)/t24-,25-. The first-order chi connectivity index (χ1) is 20.4. The summed E-state index contributed by atoms with van der Waals surface area (Å²) in [6, 6.07) is 7.64. The van der Waals surface area contributed by atoms with Crippen LogP contribution in [-0.4, -0.2) is 101 Å². The topological polar surface area (TPSA) is 126 Å². The summed E-state index contributed by atoms with van der Waals surface area (Å²) in [5.74, 6) is 0.582. The maximum atomic E-state index is 13.5. The van der Waals surface area contributed by atoms with Crippen molar-refractivity contribution in [3.05, 3.63) is 30.5 Å². The van der Waals surface area contributed by atoms with Crippen LogP contribution >= 0.6 is 0 Å². The van der Waals surface area contributed by atoms with E-state index in [1.165, 1.54) is 0 Å². The maximum Gasteiger partial charge on any atom is 0.243 e. The fourth-order valence-electron chi connectivity index (χ4n) is 6.48. The molecule has 1 aliphatic carbocycles. The van der Waals surface area contributed by atoms with Crippen LogP contribution in [0.1, 0.15) is 64.3 Å². The van der Waals surface area contributed by atoms with Gasteiger partial charge in [-0.25, -0.2) is 18.1 Å². The van der Waals surface area contributed by atoms with Gasteiger partial charge in [0.1, 0.15) is 5.69 Å². The molecule has 2 N–H and O–H groups in total. The second-order valence-corrected chi connectivity index (χ2v) is 13.7. The normalized spacial score (nSPS) is 23.4. The third-order valence-electron chi connectivity index (χ3n) is 9.03. The summed E-state index contributed by atoms with van der Waals surface area (Å²) in [5, 5.41) is 19.2. The molecule has 4 heterocycles. The Labute approximate surface area is 248 Å². The molecular weight excluding hydrogens is 554 g/mol. The van der Waals surface area contributed by atoms with Crippen molar-refractivity contribution in [1.29, 1.82) is 0 Å². The van der Waals surface area contributed by atoms with E-state index < -0.39 is 10.0 Å². The molecular formula is C30H43N7O4S. The number of fused-ring (bicyclic) bond motifs is 1. The van der Waals surface area contributed by atoms with Crippen molar-refractivity contribution in [2.45, 2.75) is 81.4 Å². The zero-order chi connectivity index (χ0) is 29.1. The van der Waals surface area contributed by atoms with Gasteiger partial charge in [-0.15, -0.1) is 0 Å². The number of morpholine rings is 1. The monoisotopic (exact) mass is 597 g/mol. The molecule has 0 bridgehead atoms. The van der Waals surface area contributed by atoms with E-state index in [0.29, 0.717) is 30.0 Å². The lowest BCUT2D eigenvalue weighted by molar-refractivity contribution is 0.00610. The third-order valence-corrected chi connectivity index (χ3v) is 10.9. The molecule has 3 fully saturated rings. The zero-order valence-corrected chi connectivity index (χ0v) is 25.3. The lowest BCUT2D eigenvalue weighted by Crippen LogP contribution is -2.50. The van der Waals surface area contributed by atoms with Crippen molar-refractivity contribution in [3.63, 3.8) is 0 Å². The molecule has 0 unspecified atom stereocenters. The Morgan fingerprint density at radius 1 is 0.976 bits per heavy atom. The van der Waals surface area contributed by atoms with Crippen molar-refractivity contribution in [2.24, 2.45) is 0 Å². The number of aromatic nitrogens is 4. The van der Waals surface area contributed by atoms with Gasteiger partial charge in [0, 0.05) is 50.5 Å². The summed E-state index contributed by atoms with van der Waals surface area (Å²) in [6.45, 7) is 7.37. The van der Waals surface area contributed by atoms with E-state index >= 15 is 0 Å². The number of aliphatic hydroxyl groups excluding tert-OH is 1.